The highest BCUT2D eigenvalue weighted by Crippen LogP contribution is 2.18. The van der Waals surface area contributed by atoms with Gasteiger partial charge >= 0.3 is 0 Å². The van der Waals surface area contributed by atoms with Crippen molar-refractivity contribution in [2.24, 2.45) is 0 Å². The monoisotopic (exact) mass is 326 g/mol. The van der Waals surface area contributed by atoms with Crippen molar-refractivity contribution in [1.82, 2.24) is 15.3 Å². The molecule has 2 amide bonds. The molecule has 6 heteroatoms. The van der Waals surface area contributed by atoms with Crippen LogP contribution in [0.25, 0.3) is 0 Å². The van der Waals surface area contributed by atoms with E-state index < -0.39 is 5.91 Å². The Morgan fingerprint density at radius 1 is 1.08 bits per heavy atom. The van der Waals surface area contributed by atoms with Gasteiger partial charge in [-0.2, -0.15) is 0 Å². The van der Waals surface area contributed by atoms with Gasteiger partial charge in [0.25, 0.3) is 11.8 Å². The van der Waals surface area contributed by atoms with Crippen LogP contribution in [0.4, 0.5) is 5.69 Å². The topological polar surface area (TPSA) is 86.9 Å². The zero-order chi connectivity index (χ0) is 16.9. The van der Waals surface area contributed by atoms with Crippen LogP contribution in [-0.4, -0.2) is 27.8 Å². The number of carbonyl (C=O) groups excluding carboxylic acids is 2. The molecule has 0 saturated heterocycles. The number of amides is 2. The van der Waals surface area contributed by atoms with E-state index in [4.69, 9.17) is 0 Å². The molecule has 0 unspecified atom stereocenters. The number of hydrogen-bond acceptors (Lipinski definition) is 3. The lowest BCUT2D eigenvalue weighted by atomic mass is 9.95. The van der Waals surface area contributed by atoms with E-state index in [1.54, 1.807) is 0 Å². The summed E-state index contributed by atoms with van der Waals surface area (Å²) in [5, 5.41) is 5.77. The number of nitrogens with zero attached hydrogens (tertiary/aromatic N) is 1. The first-order valence-corrected chi connectivity index (χ1v) is 8.36. The van der Waals surface area contributed by atoms with Crippen molar-refractivity contribution in [3.05, 3.63) is 47.5 Å². The maximum atomic E-state index is 12.4. The predicted molar refractivity (Wildman–Crippen MR) is 92.1 cm³/mol. The van der Waals surface area contributed by atoms with Crippen LogP contribution in [-0.2, 0) is 0 Å². The predicted octanol–water partition coefficient (Wildman–Crippen LogP) is 3.03. The van der Waals surface area contributed by atoms with Crippen molar-refractivity contribution in [2.75, 3.05) is 5.32 Å². The number of aromatic nitrogens is 2. The van der Waals surface area contributed by atoms with Crippen LogP contribution in [0.3, 0.4) is 0 Å². The average Bonchev–Trinajstić information content (AvgIpc) is 3.08. The SMILES string of the molecule is Cc1ccc(NC(=O)c2nc[nH]c2C(=O)NC2CCCCC2)cc1. The van der Waals surface area contributed by atoms with Gasteiger partial charge in [0.05, 0.1) is 6.33 Å². The van der Waals surface area contributed by atoms with Gasteiger partial charge in [0.15, 0.2) is 5.69 Å². The Kier molecular flexibility index (Phi) is 4.93. The van der Waals surface area contributed by atoms with E-state index in [0.29, 0.717) is 5.69 Å². The van der Waals surface area contributed by atoms with E-state index in [0.717, 1.165) is 31.2 Å². The van der Waals surface area contributed by atoms with Gasteiger partial charge in [0.1, 0.15) is 5.69 Å². The highest BCUT2D eigenvalue weighted by molar-refractivity contribution is 6.10. The molecule has 3 N–H and O–H groups in total. The zero-order valence-corrected chi connectivity index (χ0v) is 13.8. The number of aromatic amines is 1. The average molecular weight is 326 g/mol. The number of imidazole rings is 1. The molecule has 1 aliphatic carbocycles. The van der Waals surface area contributed by atoms with Crippen molar-refractivity contribution in [3.8, 4) is 0 Å². The van der Waals surface area contributed by atoms with Crippen molar-refractivity contribution in [1.29, 1.82) is 0 Å². The number of benzene rings is 1. The summed E-state index contributed by atoms with van der Waals surface area (Å²) in [4.78, 5) is 31.6. The highest BCUT2D eigenvalue weighted by atomic mass is 16.2. The molecular formula is C18H22N4O2. The summed E-state index contributed by atoms with van der Waals surface area (Å²) in [6.45, 7) is 1.98. The van der Waals surface area contributed by atoms with Crippen LogP contribution in [0.5, 0.6) is 0 Å². The minimum Gasteiger partial charge on any atom is -0.348 e. The molecule has 1 saturated carbocycles. The smallest absolute Gasteiger partial charge is 0.276 e. The van der Waals surface area contributed by atoms with Gasteiger partial charge in [-0.05, 0) is 31.9 Å². The molecule has 0 bridgehead atoms. The van der Waals surface area contributed by atoms with Crippen molar-refractivity contribution in [3.63, 3.8) is 0 Å². The van der Waals surface area contributed by atoms with Crippen LogP contribution in [0.15, 0.2) is 30.6 Å². The lowest BCUT2D eigenvalue weighted by molar-refractivity contribution is 0.0912. The van der Waals surface area contributed by atoms with Gasteiger partial charge in [0.2, 0.25) is 0 Å². The first kappa shape index (κ1) is 16.2. The van der Waals surface area contributed by atoms with Crippen LogP contribution in [0, 0.1) is 6.92 Å². The number of anilines is 1. The highest BCUT2D eigenvalue weighted by Gasteiger charge is 2.23. The first-order chi connectivity index (χ1) is 11.6. The summed E-state index contributed by atoms with van der Waals surface area (Å²) >= 11 is 0. The number of carbonyl (C=O) groups is 2. The fourth-order valence-corrected chi connectivity index (χ4v) is 2.97. The van der Waals surface area contributed by atoms with Gasteiger partial charge in [-0.1, -0.05) is 37.0 Å². The summed E-state index contributed by atoms with van der Waals surface area (Å²) < 4.78 is 0. The lowest BCUT2D eigenvalue weighted by Gasteiger charge is -2.22. The van der Waals surface area contributed by atoms with Crippen molar-refractivity contribution < 1.29 is 9.59 Å². The third-order valence-electron chi connectivity index (χ3n) is 4.33. The van der Waals surface area contributed by atoms with E-state index in [2.05, 4.69) is 20.6 Å². The number of hydrogen-bond donors (Lipinski definition) is 3. The van der Waals surface area contributed by atoms with Gasteiger partial charge in [-0.15, -0.1) is 0 Å². The molecule has 126 valence electrons. The zero-order valence-electron chi connectivity index (χ0n) is 13.8. The maximum absolute atomic E-state index is 12.4. The summed E-state index contributed by atoms with van der Waals surface area (Å²) in [6.07, 6.45) is 6.85. The molecular weight excluding hydrogens is 304 g/mol. The Morgan fingerprint density at radius 3 is 2.50 bits per heavy atom. The molecule has 0 spiro atoms. The van der Waals surface area contributed by atoms with Gasteiger partial charge in [-0.3, -0.25) is 9.59 Å². The van der Waals surface area contributed by atoms with Crippen LogP contribution >= 0.6 is 0 Å². The van der Waals surface area contributed by atoms with Crippen LogP contribution < -0.4 is 10.6 Å². The lowest BCUT2D eigenvalue weighted by Crippen LogP contribution is -2.37. The summed E-state index contributed by atoms with van der Waals surface area (Å²) in [7, 11) is 0. The van der Waals surface area contributed by atoms with Gasteiger partial charge in [-0.25, -0.2) is 4.98 Å². The molecule has 2 aromatic rings. The molecule has 1 aliphatic rings. The molecule has 3 rings (SSSR count). The molecule has 24 heavy (non-hydrogen) atoms. The van der Waals surface area contributed by atoms with Gasteiger partial charge < -0.3 is 15.6 Å². The number of aryl methyl sites for hydroxylation is 1. The van der Waals surface area contributed by atoms with E-state index >= 15 is 0 Å². The fourth-order valence-electron chi connectivity index (χ4n) is 2.97. The molecule has 6 nitrogen and oxygen atoms in total. The van der Waals surface area contributed by atoms with E-state index in [1.807, 2.05) is 31.2 Å². The molecule has 0 atom stereocenters. The molecule has 1 aromatic carbocycles. The maximum Gasteiger partial charge on any atom is 0.276 e. The summed E-state index contributed by atoms with van der Waals surface area (Å²) in [5.74, 6) is -0.664. The number of H-pyrrole nitrogens is 1. The van der Waals surface area contributed by atoms with E-state index in [1.165, 1.54) is 12.7 Å². The quantitative estimate of drug-likeness (QED) is 0.807. The Labute approximate surface area is 141 Å². The minimum atomic E-state index is -0.395. The normalized spacial score (nSPS) is 15.0. The molecule has 1 fully saturated rings. The van der Waals surface area contributed by atoms with Crippen LogP contribution in [0.2, 0.25) is 0 Å². The van der Waals surface area contributed by atoms with Gasteiger partial charge in [0, 0.05) is 11.7 Å². The molecule has 0 radical (unpaired) electrons. The standard InChI is InChI=1S/C18H22N4O2/c1-12-7-9-14(10-8-12)22-18(24)16-15(19-11-20-16)17(23)21-13-5-3-2-4-6-13/h7-11,13H,2-6H2,1H3,(H,19,20)(H,21,23)(H,22,24). The van der Waals surface area contributed by atoms with E-state index in [-0.39, 0.29) is 23.3 Å². The fraction of sp³-hybridized carbons (Fsp3) is 0.389. The molecule has 0 aliphatic heterocycles. The molecule has 1 aromatic heterocycles. The summed E-state index contributed by atoms with van der Waals surface area (Å²) in [6, 6.07) is 7.65. The largest absolute Gasteiger partial charge is 0.348 e. The third-order valence-corrected chi connectivity index (χ3v) is 4.33. The minimum absolute atomic E-state index is 0.115. The van der Waals surface area contributed by atoms with Crippen LogP contribution in [0.1, 0.15) is 58.6 Å². The second-order valence-corrected chi connectivity index (χ2v) is 6.25. The van der Waals surface area contributed by atoms with E-state index in [9.17, 15) is 9.59 Å². The number of nitrogens with one attached hydrogen (secondary N) is 3. The Bertz CT molecular complexity index is 715. The summed E-state index contributed by atoms with van der Waals surface area (Å²) in [5.41, 5.74) is 2.11. The van der Waals surface area contributed by atoms with Crippen molar-refractivity contribution >= 4 is 17.5 Å². The second kappa shape index (κ2) is 7.29. The second-order valence-electron chi connectivity index (χ2n) is 6.25. The number of rotatable bonds is 4. The third kappa shape index (κ3) is 3.82. The Morgan fingerprint density at radius 2 is 1.79 bits per heavy atom. The first-order valence-electron chi connectivity index (χ1n) is 8.36. The molecule has 1 heterocycles. The van der Waals surface area contributed by atoms with Crippen molar-refractivity contribution in [2.45, 2.75) is 45.1 Å². The Balaban J connectivity index is 1.68. The Hall–Kier alpha value is -2.63.